The standard InChI is InChI=1S/C18H36BNO2.CHNO/c1-15(2,3)18(8)13-20-12-14(18)10-9-11-19-21-16(4,5)17(6,7)22-19;2-1-3/h14,20H,9-13H2,1-8H3;2H/t14-,18+;/m0./s1. The fourth-order valence-electron chi connectivity index (χ4n) is 3.79. The zero-order valence-electron chi connectivity index (χ0n) is 17.4. The van der Waals surface area contributed by atoms with Crippen LogP contribution in [-0.2, 0) is 14.1 Å². The minimum absolute atomic E-state index is 0.0414. The van der Waals surface area contributed by atoms with Gasteiger partial charge in [0.25, 0.3) is 0 Å². The van der Waals surface area contributed by atoms with Crippen molar-refractivity contribution in [2.75, 3.05) is 13.1 Å². The lowest BCUT2D eigenvalue weighted by Gasteiger charge is -2.43. The van der Waals surface area contributed by atoms with Gasteiger partial charge in [-0.05, 0) is 63.7 Å². The van der Waals surface area contributed by atoms with Crippen molar-refractivity contribution in [3.05, 3.63) is 0 Å². The Labute approximate surface area is 154 Å². The summed E-state index contributed by atoms with van der Waals surface area (Å²) in [5, 5.41) is 9.01. The molecule has 0 spiro atoms. The molecule has 2 atom stereocenters. The molecule has 0 aromatic heterocycles. The van der Waals surface area contributed by atoms with Crippen LogP contribution < -0.4 is 5.32 Å². The van der Waals surface area contributed by atoms with Crippen LogP contribution in [0, 0.1) is 22.2 Å². The second kappa shape index (κ2) is 7.91. The molecule has 144 valence electrons. The number of carbonyl (C=O) groups excluding carboxylic acids is 1. The second-order valence-corrected chi connectivity index (χ2v) is 9.71. The minimum atomic E-state index is -0.202. The van der Waals surface area contributed by atoms with E-state index in [-0.39, 0.29) is 18.3 Å². The molecule has 25 heavy (non-hydrogen) atoms. The van der Waals surface area contributed by atoms with Gasteiger partial charge in [0.2, 0.25) is 6.08 Å². The predicted molar refractivity (Wildman–Crippen MR) is 102 cm³/mol. The molecule has 0 bridgehead atoms. The van der Waals surface area contributed by atoms with E-state index in [0.29, 0.717) is 10.8 Å². The first kappa shape index (κ1) is 22.4. The van der Waals surface area contributed by atoms with Gasteiger partial charge in [-0.1, -0.05) is 34.1 Å². The summed E-state index contributed by atoms with van der Waals surface area (Å²) < 4.78 is 12.2. The van der Waals surface area contributed by atoms with Gasteiger partial charge in [0.1, 0.15) is 0 Å². The highest BCUT2D eigenvalue weighted by atomic mass is 16.7. The van der Waals surface area contributed by atoms with Crippen molar-refractivity contribution in [1.29, 1.82) is 5.41 Å². The fourth-order valence-corrected chi connectivity index (χ4v) is 3.79. The normalized spacial score (nSPS) is 30.6. The largest absolute Gasteiger partial charge is 0.457 e. The van der Waals surface area contributed by atoms with Gasteiger partial charge in [-0.15, -0.1) is 0 Å². The highest BCUT2D eigenvalue weighted by Gasteiger charge is 2.51. The smallest absolute Gasteiger partial charge is 0.403 e. The minimum Gasteiger partial charge on any atom is -0.403 e. The van der Waals surface area contributed by atoms with Crippen molar-refractivity contribution < 1.29 is 14.1 Å². The number of hydrogen-bond donors (Lipinski definition) is 2. The van der Waals surface area contributed by atoms with Gasteiger partial charge in [0, 0.05) is 6.54 Å². The summed E-state index contributed by atoms with van der Waals surface area (Å²) in [6, 6.07) is 0. The van der Waals surface area contributed by atoms with Crippen LogP contribution in [0.15, 0.2) is 0 Å². The van der Waals surface area contributed by atoms with E-state index in [0.717, 1.165) is 31.4 Å². The summed E-state index contributed by atoms with van der Waals surface area (Å²) in [7, 11) is -0.0414. The molecular weight excluding hydrogens is 315 g/mol. The molecule has 0 radical (unpaired) electrons. The predicted octanol–water partition coefficient (Wildman–Crippen LogP) is 4.03. The average Bonchev–Trinajstić information content (AvgIpc) is 2.89. The topological polar surface area (TPSA) is 71.4 Å². The number of hydrogen-bond acceptors (Lipinski definition) is 5. The molecule has 2 aliphatic rings. The van der Waals surface area contributed by atoms with Crippen LogP contribution in [-0.4, -0.2) is 37.5 Å². The highest BCUT2D eigenvalue weighted by Crippen LogP contribution is 2.48. The SMILES string of the molecule is CC1(C)OB(CCC[C@H]2CNC[C@@]2(C)C(C)(C)C)OC1(C)C.N=C=O. The first-order valence-electron chi connectivity index (χ1n) is 9.41. The molecule has 0 aromatic rings. The molecule has 6 heteroatoms. The lowest BCUT2D eigenvalue weighted by Crippen LogP contribution is -2.41. The van der Waals surface area contributed by atoms with E-state index in [4.69, 9.17) is 19.5 Å². The van der Waals surface area contributed by atoms with Crippen molar-refractivity contribution in [1.82, 2.24) is 5.32 Å². The Morgan fingerprint density at radius 1 is 1.16 bits per heavy atom. The summed E-state index contributed by atoms with van der Waals surface area (Å²) in [5.74, 6) is 0.745. The highest BCUT2D eigenvalue weighted by molar-refractivity contribution is 6.45. The Morgan fingerprint density at radius 3 is 2.08 bits per heavy atom. The summed E-state index contributed by atoms with van der Waals surface area (Å²) in [6.45, 7) is 20.4. The maximum Gasteiger partial charge on any atom is 0.457 e. The molecule has 5 nitrogen and oxygen atoms in total. The average molecular weight is 352 g/mol. The molecule has 0 unspecified atom stereocenters. The van der Waals surface area contributed by atoms with E-state index >= 15 is 0 Å². The Kier molecular flexibility index (Phi) is 7.08. The number of rotatable bonds is 4. The summed E-state index contributed by atoms with van der Waals surface area (Å²) in [4.78, 5) is 8.35. The van der Waals surface area contributed by atoms with E-state index < -0.39 is 0 Å². The Hall–Kier alpha value is -0.675. The summed E-state index contributed by atoms with van der Waals surface area (Å²) in [6.07, 6.45) is 4.18. The molecule has 2 N–H and O–H groups in total. The van der Waals surface area contributed by atoms with Crippen LogP contribution in [0.4, 0.5) is 0 Å². The van der Waals surface area contributed by atoms with Crippen molar-refractivity contribution >= 4 is 13.2 Å². The van der Waals surface area contributed by atoms with Crippen molar-refractivity contribution in [3.63, 3.8) is 0 Å². The second-order valence-electron chi connectivity index (χ2n) is 9.71. The Bertz CT molecular complexity index is 466. The van der Waals surface area contributed by atoms with Crippen LogP contribution >= 0.6 is 0 Å². The van der Waals surface area contributed by atoms with E-state index in [1.54, 1.807) is 0 Å². The van der Waals surface area contributed by atoms with Gasteiger partial charge >= 0.3 is 7.12 Å². The zero-order valence-corrected chi connectivity index (χ0v) is 17.4. The van der Waals surface area contributed by atoms with Gasteiger partial charge in [-0.25, -0.2) is 10.2 Å². The third kappa shape index (κ3) is 4.94. The molecule has 2 saturated heterocycles. The Morgan fingerprint density at radius 2 is 1.64 bits per heavy atom. The van der Waals surface area contributed by atoms with Crippen molar-refractivity contribution in [2.45, 2.75) is 85.8 Å². The quantitative estimate of drug-likeness (QED) is 0.455. The van der Waals surface area contributed by atoms with Gasteiger partial charge in [0.15, 0.2) is 0 Å². The van der Waals surface area contributed by atoms with E-state index in [9.17, 15) is 0 Å². The zero-order chi connectivity index (χ0) is 19.5. The van der Waals surface area contributed by atoms with E-state index in [1.165, 1.54) is 12.8 Å². The molecule has 2 heterocycles. The molecular formula is C19H37BN2O3. The molecule has 2 fully saturated rings. The first-order valence-corrected chi connectivity index (χ1v) is 9.41. The molecule has 0 aromatic carbocycles. The maximum atomic E-state index is 8.35. The molecule has 2 rings (SSSR count). The van der Waals surface area contributed by atoms with Crippen LogP contribution in [0.5, 0.6) is 0 Å². The maximum absolute atomic E-state index is 8.35. The van der Waals surface area contributed by atoms with Crippen LogP contribution in [0.2, 0.25) is 6.32 Å². The molecule has 0 amide bonds. The molecule has 0 saturated carbocycles. The monoisotopic (exact) mass is 352 g/mol. The summed E-state index contributed by atoms with van der Waals surface area (Å²) in [5.41, 5.74) is 0.313. The van der Waals surface area contributed by atoms with Gasteiger partial charge < -0.3 is 14.6 Å². The lowest BCUT2D eigenvalue weighted by atomic mass is 9.61. The van der Waals surface area contributed by atoms with Gasteiger partial charge in [-0.3, -0.25) is 0 Å². The van der Waals surface area contributed by atoms with Gasteiger partial charge in [-0.2, -0.15) is 0 Å². The Balaban J connectivity index is 0.000000970. The third-order valence-electron chi connectivity index (χ3n) is 6.79. The number of nitrogens with one attached hydrogen (secondary N) is 2. The lowest BCUT2D eigenvalue weighted by molar-refractivity contribution is 0.00578. The van der Waals surface area contributed by atoms with Crippen LogP contribution in [0.3, 0.4) is 0 Å². The van der Waals surface area contributed by atoms with E-state index in [2.05, 4.69) is 60.7 Å². The van der Waals surface area contributed by atoms with Crippen LogP contribution in [0.1, 0.15) is 68.2 Å². The van der Waals surface area contributed by atoms with Crippen molar-refractivity contribution in [2.24, 2.45) is 16.7 Å². The molecule has 0 aliphatic carbocycles. The van der Waals surface area contributed by atoms with Gasteiger partial charge in [0.05, 0.1) is 11.2 Å². The number of isocyanates is 1. The van der Waals surface area contributed by atoms with E-state index in [1.807, 2.05) is 0 Å². The third-order valence-corrected chi connectivity index (χ3v) is 6.79. The summed E-state index contributed by atoms with van der Waals surface area (Å²) >= 11 is 0. The fraction of sp³-hybridized carbons (Fsp3) is 0.947. The molecule has 2 aliphatic heterocycles. The van der Waals surface area contributed by atoms with Crippen LogP contribution in [0.25, 0.3) is 0 Å². The van der Waals surface area contributed by atoms with Crippen molar-refractivity contribution in [3.8, 4) is 0 Å². The first-order chi connectivity index (χ1) is 11.3.